The van der Waals surface area contributed by atoms with Crippen molar-refractivity contribution in [3.8, 4) is 0 Å². The standard InChI is InChI=1S/C15H12BrCl3/c1-9-4-11(8-12(16)5-9)14(18)6-10-2-3-13(17)15(19)7-10/h2-5,7-8,14H,6H2,1H3. The summed E-state index contributed by atoms with van der Waals surface area (Å²) in [5.74, 6) is 0. The minimum absolute atomic E-state index is 0.0894. The minimum Gasteiger partial charge on any atom is -0.117 e. The molecule has 0 saturated heterocycles. The van der Waals surface area contributed by atoms with E-state index in [1.807, 2.05) is 18.2 Å². The van der Waals surface area contributed by atoms with Gasteiger partial charge in [0.25, 0.3) is 0 Å². The number of benzene rings is 2. The Hall–Kier alpha value is -0.210. The predicted molar refractivity (Wildman–Crippen MR) is 87.6 cm³/mol. The first-order valence-electron chi connectivity index (χ1n) is 5.81. The van der Waals surface area contributed by atoms with Crippen molar-refractivity contribution in [3.63, 3.8) is 0 Å². The van der Waals surface area contributed by atoms with Crippen molar-refractivity contribution in [1.82, 2.24) is 0 Å². The van der Waals surface area contributed by atoms with Gasteiger partial charge < -0.3 is 0 Å². The van der Waals surface area contributed by atoms with Crippen LogP contribution in [0.4, 0.5) is 0 Å². The fourth-order valence-electron chi connectivity index (χ4n) is 1.94. The topological polar surface area (TPSA) is 0 Å². The van der Waals surface area contributed by atoms with Crippen LogP contribution in [0.2, 0.25) is 10.0 Å². The van der Waals surface area contributed by atoms with Crippen LogP contribution >= 0.6 is 50.7 Å². The van der Waals surface area contributed by atoms with E-state index < -0.39 is 0 Å². The van der Waals surface area contributed by atoms with Crippen LogP contribution in [0.15, 0.2) is 40.9 Å². The number of rotatable bonds is 3. The van der Waals surface area contributed by atoms with Gasteiger partial charge in [0.15, 0.2) is 0 Å². The lowest BCUT2D eigenvalue weighted by Gasteiger charge is -2.12. The smallest absolute Gasteiger partial charge is 0.0626 e. The maximum atomic E-state index is 6.48. The predicted octanol–water partition coefficient (Wildman–Crippen LogP) is 6.59. The second-order valence-corrected chi connectivity index (χ2v) is 6.74. The van der Waals surface area contributed by atoms with Crippen molar-refractivity contribution in [1.29, 1.82) is 0 Å². The summed E-state index contributed by atoms with van der Waals surface area (Å²) in [7, 11) is 0. The zero-order valence-corrected chi connectivity index (χ0v) is 14.1. The molecule has 0 N–H and O–H groups in total. The molecule has 0 radical (unpaired) electrons. The molecule has 0 nitrogen and oxygen atoms in total. The third-order valence-electron chi connectivity index (χ3n) is 2.83. The molecule has 0 amide bonds. The molecule has 0 aliphatic carbocycles. The maximum Gasteiger partial charge on any atom is 0.0626 e. The van der Waals surface area contributed by atoms with Gasteiger partial charge in [-0.3, -0.25) is 0 Å². The normalized spacial score (nSPS) is 12.5. The first-order valence-corrected chi connectivity index (χ1v) is 7.79. The molecule has 0 heterocycles. The van der Waals surface area contributed by atoms with Crippen LogP contribution in [0, 0.1) is 6.92 Å². The number of hydrogen-bond donors (Lipinski definition) is 0. The van der Waals surface area contributed by atoms with Crippen LogP contribution in [0.25, 0.3) is 0 Å². The Morgan fingerprint density at radius 1 is 1.05 bits per heavy atom. The van der Waals surface area contributed by atoms with Crippen molar-refractivity contribution in [2.45, 2.75) is 18.7 Å². The minimum atomic E-state index is -0.0894. The Balaban J connectivity index is 2.20. The molecule has 0 aliphatic rings. The summed E-state index contributed by atoms with van der Waals surface area (Å²) in [4.78, 5) is 0. The van der Waals surface area contributed by atoms with Crippen LogP contribution in [0.5, 0.6) is 0 Å². The van der Waals surface area contributed by atoms with Gasteiger partial charge in [-0.05, 0) is 54.3 Å². The van der Waals surface area contributed by atoms with Crippen molar-refractivity contribution < 1.29 is 0 Å². The Kier molecular flexibility index (Phi) is 5.19. The summed E-state index contributed by atoms with van der Waals surface area (Å²) in [6.45, 7) is 2.05. The highest BCUT2D eigenvalue weighted by atomic mass is 79.9. The molecule has 2 aromatic carbocycles. The largest absolute Gasteiger partial charge is 0.117 e. The average molecular weight is 379 g/mol. The van der Waals surface area contributed by atoms with Gasteiger partial charge in [-0.25, -0.2) is 0 Å². The quantitative estimate of drug-likeness (QED) is 0.529. The zero-order chi connectivity index (χ0) is 14.0. The van der Waals surface area contributed by atoms with Gasteiger partial charge in [0.1, 0.15) is 0 Å². The van der Waals surface area contributed by atoms with Crippen LogP contribution in [0.3, 0.4) is 0 Å². The first-order chi connectivity index (χ1) is 8.95. The molecule has 0 aliphatic heterocycles. The molecule has 0 bridgehead atoms. The van der Waals surface area contributed by atoms with Gasteiger partial charge in [0, 0.05) is 4.47 Å². The lowest BCUT2D eigenvalue weighted by atomic mass is 10.0. The number of alkyl halides is 1. The van der Waals surface area contributed by atoms with Crippen LogP contribution in [-0.4, -0.2) is 0 Å². The average Bonchev–Trinajstić information content (AvgIpc) is 2.32. The number of halogens is 4. The summed E-state index contributed by atoms with van der Waals surface area (Å²) in [6.07, 6.45) is 0.717. The molecule has 1 unspecified atom stereocenters. The lowest BCUT2D eigenvalue weighted by molar-refractivity contribution is 0.917. The third kappa shape index (κ3) is 4.13. The van der Waals surface area contributed by atoms with Crippen molar-refractivity contribution >= 4 is 50.7 Å². The van der Waals surface area contributed by atoms with E-state index in [2.05, 4.69) is 35.0 Å². The highest BCUT2D eigenvalue weighted by molar-refractivity contribution is 9.10. The Bertz CT molecular complexity index is 576. The summed E-state index contributed by atoms with van der Waals surface area (Å²) in [5, 5.41) is 1.04. The Labute approximate surface area is 136 Å². The summed E-state index contributed by atoms with van der Waals surface area (Å²) < 4.78 is 1.04. The van der Waals surface area contributed by atoms with Gasteiger partial charge in [0.05, 0.1) is 15.4 Å². The van der Waals surface area contributed by atoms with Gasteiger partial charge in [0.2, 0.25) is 0 Å². The maximum absolute atomic E-state index is 6.48. The molecule has 19 heavy (non-hydrogen) atoms. The molecule has 0 saturated carbocycles. The zero-order valence-electron chi connectivity index (χ0n) is 10.3. The Morgan fingerprint density at radius 2 is 1.79 bits per heavy atom. The number of hydrogen-bond acceptors (Lipinski definition) is 0. The Morgan fingerprint density at radius 3 is 2.42 bits per heavy atom. The van der Waals surface area contributed by atoms with Gasteiger partial charge in [-0.15, -0.1) is 11.6 Å². The molecular formula is C15H12BrCl3. The van der Waals surface area contributed by atoms with Gasteiger partial charge in [-0.1, -0.05) is 51.3 Å². The van der Waals surface area contributed by atoms with Gasteiger partial charge >= 0.3 is 0 Å². The molecule has 0 spiro atoms. The molecule has 0 fully saturated rings. The summed E-state index contributed by atoms with van der Waals surface area (Å²) in [6, 6.07) is 11.8. The molecular weight excluding hydrogens is 366 g/mol. The van der Waals surface area contributed by atoms with Crippen LogP contribution < -0.4 is 0 Å². The van der Waals surface area contributed by atoms with E-state index in [1.165, 1.54) is 5.56 Å². The second-order valence-electron chi connectivity index (χ2n) is 4.48. The SMILES string of the molecule is Cc1cc(Br)cc(C(Cl)Cc2ccc(Cl)c(Cl)c2)c1. The van der Waals surface area contributed by atoms with Crippen molar-refractivity contribution in [2.24, 2.45) is 0 Å². The summed E-state index contributed by atoms with van der Waals surface area (Å²) >= 11 is 21.9. The van der Waals surface area contributed by atoms with Crippen molar-refractivity contribution in [2.75, 3.05) is 0 Å². The number of aryl methyl sites for hydroxylation is 1. The highest BCUT2D eigenvalue weighted by Crippen LogP contribution is 2.30. The molecule has 0 aromatic heterocycles. The fourth-order valence-corrected chi connectivity index (χ4v) is 3.19. The van der Waals surface area contributed by atoms with E-state index in [4.69, 9.17) is 34.8 Å². The van der Waals surface area contributed by atoms with Crippen LogP contribution in [0.1, 0.15) is 22.1 Å². The van der Waals surface area contributed by atoms with Crippen LogP contribution in [-0.2, 0) is 6.42 Å². The van der Waals surface area contributed by atoms with E-state index >= 15 is 0 Å². The second kappa shape index (κ2) is 6.49. The molecule has 2 rings (SSSR count). The van der Waals surface area contributed by atoms with E-state index in [1.54, 1.807) is 6.07 Å². The summed E-state index contributed by atoms with van der Waals surface area (Å²) in [5.41, 5.74) is 3.36. The monoisotopic (exact) mass is 376 g/mol. The third-order valence-corrected chi connectivity index (χ3v) is 4.43. The van der Waals surface area contributed by atoms with E-state index in [-0.39, 0.29) is 5.38 Å². The van der Waals surface area contributed by atoms with E-state index in [0.717, 1.165) is 15.6 Å². The molecule has 1 atom stereocenters. The van der Waals surface area contributed by atoms with Crippen molar-refractivity contribution in [3.05, 3.63) is 67.6 Å². The van der Waals surface area contributed by atoms with Gasteiger partial charge in [-0.2, -0.15) is 0 Å². The highest BCUT2D eigenvalue weighted by Gasteiger charge is 2.11. The fraction of sp³-hybridized carbons (Fsp3) is 0.200. The molecule has 100 valence electrons. The van der Waals surface area contributed by atoms with E-state index in [0.29, 0.717) is 16.5 Å². The first kappa shape index (κ1) is 15.2. The molecule has 2 aromatic rings. The molecule has 4 heteroatoms. The van der Waals surface area contributed by atoms with E-state index in [9.17, 15) is 0 Å². The lowest BCUT2D eigenvalue weighted by Crippen LogP contribution is -1.97.